The Morgan fingerprint density at radius 3 is 2.23 bits per heavy atom. The fourth-order valence-corrected chi connectivity index (χ4v) is 4.33. The Kier molecular flexibility index (Phi) is 5.63. The highest BCUT2D eigenvalue weighted by Crippen LogP contribution is 2.27. The highest BCUT2D eigenvalue weighted by Gasteiger charge is 2.23. The van der Waals surface area contributed by atoms with Crippen molar-refractivity contribution in [1.82, 2.24) is 4.72 Å². The number of sulfonamides is 1. The lowest BCUT2D eigenvalue weighted by Gasteiger charge is -2.11. The van der Waals surface area contributed by atoms with Gasteiger partial charge in [0.25, 0.3) is 0 Å². The molecule has 0 unspecified atom stereocenters. The Morgan fingerprint density at radius 1 is 0.806 bits per heavy atom. The summed E-state index contributed by atoms with van der Waals surface area (Å²) in [5.41, 5.74) is -0.240. The van der Waals surface area contributed by atoms with Crippen molar-refractivity contribution in [1.29, 1.82) is 0 Å². The molecule has 4 aromatic rings. The smallest absolute Gasteiger partial charge is 0.241 e. The van der Waals surface area contributed by atoms with Gasteiger partial charge in [-0.25, -0.2) is 21.9 Å². The van der Waals surface area contributed by atoms with Crippen molar-refractivity contribution in [3.05, 3.63) is 102 Å². The first-order valence-electron chi connectivity index (χ1n) is 9.42. The van der Waals surface area contributed by atoms with Crippen LogP contribution < -0.4 is 4.72 Å². The summed E-state index contributed by atoms with van der Waals surface area (Å²) in [6, 6.07) is 22.4. The lowest BCUT2D eigenvalue weighted by atomic mass is 9.99. The number of ketones is 1. The fourth-order valence-electron chi connectivity index (χ4n) is 3.32. The molecular weight excluding hydrogens is 420 g/mol. The van der Waals surface area contributed by atoms with Gasteiger partial charge >= 0.3 is 0 Å². The molecule has 156 valence electrons. The molecule has 0 saturated heterocycles. The van der Waals surface area contributed by atoms with E-state index in [-0.39, 0.29) is 10.5 Å². The lowest BCUT2D eigenvalue weighted by molar-refractivity contribution is 0.0989. The van der Waals surface area contributed by atoms with Gasteiger partial charge in [0.1, 0.15) is 11.6 Å². The minimum atomic E-state index is -4.06. The van der Waals surface area contributed by atoms with Crippen LogP contribution in [0.15, 0.2) is 89.8 Å². The molecule has 0 spiro atoms. The van der Waals surface area contributed by atoms with Crippen LogP contribution in [0.2, 0.25) is 0 Å². The lowest BCUT2D eigenvalue weighted by Crippen LogP contribution is -2.30. The van der Waals surface area contributed by atoms with Crippen molar-refractivity contribution >= 4 is 26.6 Å². The average Bonchev–Trinajstić information content (AvgIpc) is 2.78. The molecule has 0 radical (unpaired) electrons. The number of hydrogen-bond acceptors (Lipinski definition) is 3. The third-order valence-corrected chi connectivity index (χ3v) is 6.31. The van der Waals surface area contributed by atoms with Gasteiger partial charge in [0.05, 0.1) is 17.0 Å². The zero-order valence-corrected chi connectivity index (χ0v) is 17.0. The summed E-state index contributed by atoms with van der Waals surface area (Å²) in [4.78, 5) is 12.5. The Hall–Kier alpha value is -3.42. The van der Waals surface area contributed by atoms with Crippen molar-refractivity contribution in [3.8, 4) is 11.1 Å². The van der Waals surface area contributed by atoms with E-state index in [1.165, 1.54) is 18.2 Å². The maximum Gasteiger partial charge on any atom is 0.241 e. The van der Waals surface area contributed by atoms with E-state index in [1.807, 2.05) is 12.1 Å². The molecule has 31 heavy (non-hydrogen) atoms. The minimum Gasteiger partial charge on any atom is -0.292 e. The van der Waals surface area contributed by atoms with Crippen LogP contribution in [0.5, 0.6) is 0 Å². The van der Waals surface area contributed by atoms with Crippen LogP contribution in [0, 0.1) is 11.6 Å². The van der Waals surface area contributed by atoms with E-state index in [2.05, 4.69) is 4.72 Å². The summed E-state index contributed by atoms with van der Waals surface area (Å²) in [6.07, 6.45) is 0. The molecule has 4 aromatic carbocycles. The summed E-state index contributed by atoms with van der Waals surface area (Å²) in [7, 11) is -4.06. The molecule has 0 heterocycles. The van der Waals surface area contributed by atoms with Crippen LogP contribution in [0.25, 0.3) is 21.9 Å². The van der Waals surface area contributed by atoms with Crippen molar-refractivity contribution in [2.45, 2.75) is 4.90 Å². The number of fused-ring (bicyclic) bond motifs is 1. The monoisotopic (exact) mass is 437 g/mol. The second-order valence-electron chi connectivity index (χ2n) is 6.91. The molecule has 0 amide bonds. The van der Waals surface area contributed by atoms with E-state index >= 15 is 0 Å². The molecule has 4 nitrogen and oxygen atoms in total. The first-order valence-corrected chi connectivity index (χ1v) is 10.9. The van der Waals surface area contributed by atoms with E-state index in [0.29, 0.717) is 10.9 Å². The molecule has 0 saturated carbocycles. The summed E-state index contributed by atoms with van der Waals surface area (Å²) >= 11 is 0. The Bertz CT molecular complexity index is 1390. The van der Waals surface area contributed by atoms with Crippen molar-refractivity contribution in [2.24, 2.45) is 0 Å². The highest BCUT2D eigenvalue weighted by molar-refractivity contribution is 7.89. The van der Waals surface area contributed by atoms with Crippen LogP contribution >= 0.6 is 0 Å². The van der Waals surface area contributed by atoms with E-state index in [1.54, 1.807) is 48.5 Å². The first-order chi connectivity index (χ1) is 14.9. The molecular formula is C24H17F2NO3S. The molecule has 0 atom stereocenters. The van der Waals surface area contributed by atoms with Crippen molar-refractivity contribution in [3.63, 3.8) is 0 Å². The van der Waals surface area contributed by atoms with Gasteiger partial charge in [0.2, 0.25) is 10.0 Å². The number of halogens is 2. The predicted molar refractivity (Wildman–Crippen MR) is 115 cm³/mol. The van der Waals surface area contributed by atoms with Crippen LogP contribution in [0.3, 0.4) is 0 Å². The molecule has 0 aliphatic rings. The molecule has 0 aliphatic heterocycles. The third-order valence-electron chi connectivity index (χ3n) is 4.91. The summed E-state index contributed by atoms with van der Waals surface area (Å²) in [5.74, 6) is -3.08. The number of nitrogens with one attached hydrogen (secondary N) is 1. The molecule has 0 aromatic heterocycles. The fraction of sp³-hybridized carbons (Fsp3) is 0.0417. The SMILES string of the molecule is O=C(CNS(=O)(=O)c1ccc2ccccc2c1)c1c(F)ccc(-c2ccccc2)c1F. The van der Waals surface area contributed by atoms with E-state index in [9.17, 15) is 22.0 Å². The summed E-state index contributed by atoms with van der Waals surface area (Å²) in [5, 5.41) is 1.57. The van der Waals surface area contributed by atoms with Gasteiger partial charge in [-0.1, -0.05) is 60.7 Å². The molecule has 0 fully saturated rings. The second kappa shape index (κ2) is 8.37. The van der Waals surface area contributed by atoms with Gasteiger partial charge in [0.15, 0.2) is 5.78 Å². The zero-order valence-electron chi connectivity index (χ0n) is 16.2. The summed E-state index contributed by atoms with van der Waals surface area (Å²) in [6.45, 7) is -0.777. The number of Topliss-reactive ketones (excluding diaryl/α,β-unsaturated/α-hetero) is 1. The van der Waals surface area contributed by atoms with Gasteiger partial charge in [-0.3, -0.25) is 4.79 Å². The number of hydrogen-bond donors (Lipinski definition) is 1. The Morgan fingerprint density at radius 2 is 1.48 bits per heavy atom. The van der Waals surface area contributed by atoms with Crippen LogP contribution in [-0.2, 0) is 10.0 Å². The van der Waals surface area contributed by atoms with Gasteiger partial charge in [-0.2, -0.15) is 0 Å². The maximum atomic E-state index is 14.9. The Balaban J connectivity index is 1.59. The van der Waals surface area contributed by atoms with Crippen LogP contribution in [0.4, 0.5) is 8.78 Å². The molecule has 0 aliphatic carbocycles. The minimum absolute atomic E-state index is 0.0435. The van der Waals surface area contributed by atoms with Gasteiger partial charge < -0.3 is 0 Å². The van der Waals surface area contributed by atoms with E-state index in [4.69, 9.17) is 0 Å². The van der Waals surface area contributed by atoms with Gasteiger partial charge in [0, 0.05) is 5.56 Å². The number of carbonyl (C=O) groups is 1. The number of rotatable bonds is 6. The average molecular weight is 437 g/mol. The quantitative estimate of drug-likeness (QED) is 0.435. The van der Waals surface area contributed by atoms with Crippen LogP contribution in [-0.4, -0.2) is 20.7 Å². The number of carbonyl (C=O) groups excluding carboxylic acids is 1. The molecule has 1 N–H and O–H groups in total. The maximum absolute atomic E-state index is 14.9. The largest absolute Gasteiger partial charge is 0.292 e. The van der Waals surface area contributed by atoms with Gasteiger partial charge in [-0.15, -0.1) is 0 Å². The Labute approximate surface area is 178 Å². The highest BCUT2D eigenvalue weighted by atomic mass is 32.2. The second-order valence-corrected chi connectivity index (χ2v) is 8.67. The molecule has 4 rings (SSSR count). The zero-order chi connectivity index (χ0) is 22.0. The normalized spacial score (nSPS) is 11.5. The standard InChI is InChI=1S/C24H17F2NO3S/c25-21-13-12-20(17-7-2-1-3-8-17)24(26)23(21)22(28)15-27-31(29,30)19-11-10-16-6-4-5-9-18(16)14-19/h1-14,27H,15H2. The molecule has 7 heteroatoms. The number of benzene rings is 4. The van der Waals surface area contributed by atoms with Crippen molar-refractivity contribution in [2.75, 3.05) is 6.54 Å². The predicted octanol–water partition coefficient (Wildman–Crippen LogP) is 4.95. The van der Waals surface area contributed by atoms with Crippen molar-refractivity contribution < 1.29 is 22.0 Å². The summed E-state index contributed by atoms with van der Waals surface area (Å²) < 4.78 is 56.6. The van der Waals surface area contributed by atoms with E-state index in [0.717, 1.165) is 11.5 Å². The third kappa shape index (κ3) is 4.23. The van der Waals surface area contributed by atoms with Gasteiger partial charge in [-0.05, 0) is 40.6 Å². The molecule has 0 bridgehead atoms. The van der Waals surface area contributed by atoms with E-state index < -0.39 is 39.5 Å². The first kappa shape index (κ1) is 20.8. The van der Waals surface area contributed by atoms with Crippen LogP contribution in [0.1, 0.15) is 10.4 Å². The topological polar surface area (TPSA) is 63.2 Å².